The van der Waals surface area contributed by atoms with Crippen LogP contribution >= 0.6 is 0 Å². The van der Waals surface area contributed by atoms with E-state index in [1.165, 1.54) is 12.2 Å². The Morgan fingerprint density at radius 2 is 2.00 bits per heavy atom. The standard InChI is InChI=1S/C13H11F2N5O5S/c14-13(15)24-9-2-6-7(3-10(9)25-13)19-12(18-6)20-11(21)8-1-5(4-17-8)26(16,22)23/h1-4,6-7,17H,(H2,16,22,23)(H2,18,19,20,21). The normalized spacial score (nSPS) is 25.6. The molecule has 13 heteroatoms. The number of halogens is 2. The molecule has 3 aliphatic rings. The van der Waals surface area contributed by atoms with Crippen LogP contribution in [0.5, 0.6) is 0 Å². The van der Waals surface area contributed by atoms with Gasteiger partial charge in [-0.05, 0) is 18.2 Å². The van der Waals surface area contributed by atoms with E-state index >= 15 is 0 Å². The Morgan fingerprint density at radius 1 is 1.31 bits per heavy atom. The van der Waals surface area contributed by atoms with Gasteiger partial charge in [0, 0.05) is 6.20 Å². The number of fused-ring (bicyclic) bond motifs is 2. The molecule has 0 spiro atoms. The topological polar surface area (TPSA) is 148 Å². The summed E-state index contributed by atoms with van der Waals surface area (Å²) < 4.78 is 57.3. The molecule has 10 nitrogen and oxygen atoms in total. The number of rotatable bonds is 2. The summed E-state index contributed by atoms with van der Waals surface area (Å²) in [6.07, 6.45) is 0.0859. The van der Waals surface area contributed by atoms with Crippen LogP contribution in [0.3, 0.4) is 0 Å². The van der Waals surface area contributed by atoms with Crippen molar-refractivity contribution in [3.05, 3.63) is 41.6 Å². The van der Waals surface area contributed by atoms with Crippen LogP contribution in [0.4, 0.5) is 8.78 Å². The molecule has 0 saturated carbocycles. The fourth-order valence-electron chi connectivity index (χ4n) is 2.63. The fourth-order valence-corrected chi connectivity index (χ4v) is 3.14. The monoisotopic (exact) mass is 387 g/mol. The second kappa shape index (κ2) is 5.28. The number of ether oxygens (including phenoxy) is 2. The quantitative estimate of drug-likeness (QED) is 0.536. The molecule has 2 aliphatic heterocycles. The minimum absolute atomic E-state index is 0.0479. The lowest BCUT2D eigenvalue weighted by atomic mass is 10.0. The number of aromatic nitrogens is 1. The summed E-state index contributed by atoms with van der Waals surface area (Å²) in [5.74, 6) is -0.827. The molecule has 1 amide bonds. The zero-order valence-corrected chi connectivity index (χ0v) is 13.5. The number of carbonyl (C=O) groups excluding carboxylic acids is 1. The number of primary sulfonamides is 1. The maximum Gasteiger partial charge on any atom is 0.586 e. The van der Waals surface area contributed by atoms with Crippen molar-refractivity contribution in [1.29, 1.82) is 0 Å². The molecular weight excluding hydrogens is 376 g/mol. The second-order valence-corrected chi connectivity index (χ2v) is 7.18. The first-order valence-corrected chi connectivity index (χ1v) is 8.72. The highest BCUT2D eigenvalue weighted by Crippen LogP contribution is 2.39. The molecule has 1 aliphatic carbocycles. The van der Waals surface area contributed by atoms with Gasteiger partial charge in [0.2, 0.25) is 10.0 Å². The molecule has 4 rings (SSSR count). The van der Waals surface area contributed by atoms with Gasteiger partial charge >= 0.3 is 6.29 Å². The molecule has 1 fully saturated rings. The van der Waals surface area contributed by atoms with Crippen LogP contribution in [0, 0.1) is 0 Å². The third-order valence-corrected chi connectivity index (χ3v) is 4.66. The van der Waals surface area contributed by atoms with E-state index in [0.29, 0.717) is 0 Å². The third-order valence-electron chi connectivity index (χ3n) is 3.76. The van der Waals surface area contributed by atoms with Crippen molar-refractivity contribution in [2.45, 2.75) is 23.3 Å². The van der Waals surface area contributed by atoms with Crippen LogP contribution in [0.2, 0.25) is 0 Å². The summed E-state index contributed by atoms with van der Waals surface area (Å²) in [4.78, 5) is 18.6. The molecule has 0 bridgehead atoms. The maximum absolute atomic E-state index is 13.1. The number of aliphatic imine (C=N–C) groups is 1. The highest BCUT2D eigenvalue weighted by atomic mass is 32.2. The number of aromatic amines is 1. The van der Waals surface area contributed by atoms with Gasteiger partial charge in [0.15, 0.2) is 17.5 Å². The Kier molecular flexibility index (Phi) is 3.36. The highest BCUT2D eigenvalue weighted by molar-refractivity contribution is 7.89. The Hall–Kier alpha value is -2.93. The zero-order chi connectivity index (χ0) is 18.7. The van der Waals surface area contributed by atoms with Crippen LogP contribution in [-0.4, -0.2) is 43.6 Å². The first-order valence-electron chi connectivity index (χ1n) is 7.17. The number of carbonyl (C=O) groups is 1. The second-order valence-electron chi connectivity index (χ2n) is 5.62. The summed E-state index contributed by atoms with van der Waals surface area (Å²) in [5.41, 5.74) is -0.0479. The number of nitrogens with one attached hydrogen (secondary N) is 3. The molecule has 0 radical (unpaired) electrons. The molecule has 3 heterocycles. The van der Waals surface area contributed by atoms with Crippen molar-refractivity contribution in [2.24, 2.45) is 10.1 Å². The molecule has 1 aromatic rings. The maximum atomic E-state index is 13.1. The lowest BCUT2D eigenvalue weighted by molar-refractivity contribution is -0.326. The summed E-state index contributed by atoms with van der Waals surface area (Å²) in [5, 5.41) is 10.2. The highest BCUT2D eigenvalue weighted by Gasteiger charge is 2.48. The lowest BCUT2D eigenvalue weighted by Gasteiger charge is -2.16. The average Bonchev–Trinajstić information content (AvgIpc) is 3.17. The molecule has 0 aromatic carbocycles. The van der Waals surface area contributed by atoms with Gasteiger partial charge < -0.3 is 19.8 Å². The lowest BCUT2D eigenvalue weighted by Crippen LogP contribution is -2.42. The smallest absolute Gasteiger partial charge is 0.396 e. The minimum Gasteiger partial charge on any atom is -0.396 e. The average molecular weight is 387 g/mol. The summed E-state index contributed by atoms with van der Waals surface area (Å²) in [6, 6.07) is -0.0129. The molecule has 2 unspecified atom stereocenters. The SMILES string of the molecule is NS(=O)(=O)c1c[nH]c(C(=O)NC2=NC3C=C4OC(F)(F)OC4=CC3N2)c1. The molecule has 138 valence electrons. The van der Waals surface area contributed by atoms with Crippen molar-refractivity contribution < 1.29 is 31.5 Å². The van der Waals surface area contributed by atoms with Gasteiger partial charge in [-0.1, -0.05) is 0 Å². The van der Waals surface area contributed by atoms with Gasteiger partial charge in [0.1, 0.15) is 5.69 Å². The largest absolute Gasteiger partial charge is 0.586 e. The number of sulfonamides is 1. The van der Waals surface area contributed by atoms with E-state index in [-0.39, 0.29) is 28.1 Å². The van der Waals surface area contributed by atoms with E-state index in [9.17, 15) is 22.0 Å². The molecular formula is C13H11F2N5O5S. The predicted molar refractivity (Wildman–Crippen MR) is 81.1 cm³/mol. The number of hydrogen-bond donors (Lipinski definition) is 4. The van der Waals surface area contributed by atoms with Crippen LogP contribution in [0.25, 0.3) is 0 Å². The number of nitrogens with two attached hydrogens (primary N) is 1. The van der Waals surface area contributed by atoms with E-state index < -0.39 is 34.3 Å². The molecule has 5 N–H and O–H groups in total. The Morgan fingerprint density at radius 3 is 2.65 bits per heavy atom. The van der Waals surface area contributed by atoms with Crippen molar-refractivity contribution in [2.75, 3.05) is 0 Å². The van der Waals surface area contributed by atoms with E-state index in [1.54, 1.807) is 0 Å². The van der Waals surface area contributed by atoms with Crippen molar-refractivity contribution >= 4 is 21.9 Å². The fraction of sp³-hybridized carbons (Fsp3) is 0.231. The Bertz CT molecular complexity index is 996. The van der Waals surface area contributed by atoms with Gasteiger partial charge in [-0.2, -0.15) is 0 Å². The first-order chi connectivity index (χ1) is 12.1. The zero-order valence-electron chi connectivity index (χ0n) is 12.7. The predicted octanol–water partition coefficient (Wildman–Crippen LogP) is -0.533. The van der Waals surface area contributed by atoms with Crippen LogP contribution in [0.15, 0.2) is 45.8 Å². The number of nitrogens with zero attached hydrogens (tertiary/aromatic N) is 1. The van der Waals surface area contributed by atoms with Gasteiger partial charge in [-0.25, -0.2) is 18.5 Å². The number of H-pyrrole nitrogens is 1. The van der Waals surface area contributed by atoms with E-state index in [0.717, 1.165) is 12.3 Å². The number of alkyl halides is 2. The summed E-state index contributed by atoms with van der Waals surface area (Å²) >= 11 is 0. The van der Waals surface area contributed by atoms with Crippen molar-refractivity contribution in [3.63, 3.8) is 0 Å². The summed E-state index contributed by atoms with van der Waals surface area (Å²) in [6.45, 7) is 0. The van der Waals surface area contributed by atoms with Crippen molar-refractivity contribution in [3.8, 4) is 0 Å². The van der Waals surface area contributed by atoms with Gasteiger partial charge in [-0.15, -0.1) is 8.78 Å². The Labute approximate surface area is 144 Å². The van der Waals surface area contributed by atoms with E-state index in [1.807, 2.05) is 0 Å². The van der Waals surface area contributed by atoms with Gasteiger partial charge in [0.05, 0.1) is 17.0 Å². The van der Waals surface area contributed by atoms with Crippen molar-refractivity contribution in [1.82, 2.24) is 15.6 Å². The third kappa shape index (κ3) is 2.90. The number of amides is 1. The van der Waals surface area contributed by atoms with Crippen LogP contribution in [0.1, 0.15) is 10.5 Å². The molecule has 2 atom stereocenters. The first kappa shape index (κ1) is 16.5. The molecule has 1 aromatic heterocycles. The number of guanidine groups is 1. The molecule has 1 saturated heterocycles. The van der Waals surface area contributed by atoms with Gasteiger partial charge in [-0.3, -0.25) is 10.1 Å². The summed E-state index contributed by atoms with van der Waals surface area (Å²) in [7, 11) is -3.94. The van der Waals surface area contributed by atoms with E-state index in [2.05, 4.69) is 30.1 Å². The van der Waals surface area contributed by atoms with E-state index in [4.69, 9.17) is 5.14 Å². The number of hydrogen-bond acceptors (Lipinski definition) is 7. The van der Waals surface area contributed by atoms with Crippen LogP contribution in [-0.2, 0) is 19.5 Å². The van der Waals surface area contributed by atoms with Gasteiger partial charge in [0.25, 0.3) is 5.91 Å². The van der Waals surface area contributed by atoms with Crippen LogP contribution < -0.4 is 15.8 Å². The minimum atomic E-state index is -3.94. The Balaban J connectivity index is 1.48. The molecule has 26 heavy (non-hydrogen) atoms.